The van der Waals surface area contributed by atoms with Crippen LogP contribution in [0.2, 0.25) is 0 Å². The predicted octanol–water partition coefficient (Wildman–Crippen LogP) is 3.51. The van der Waals surface area contributed by atoms with Gasteiger partial charge in [0.2, 0.25) is 5.91 Å². The molecule has 1 aromatic heterocycles. The molecule has 0 saturated carbocycles. The van der Waals surface area contributed by atoms with Crippen molar-refractivity contribution in [1.82, 2.24) is 15.4 Å². The van der Waals surface area contributed by atoms with Crippen molar-refractivity contribution in [3.8, 4) is 0 Å². The summed E-state index contributed by atoms with van der Waals surface area (Å²) in [5.74, 6) is -0.479. The number of carbonyl (C=O) groups is 1. The topological polar surface area (TPSA) is 68.4 Å². The van der Waals surface area contributed by atoms with Gasteiger partial charge in [0.15, 0.2) is 0 Å². The molecular formula is C19H26FN3O2. The molecule has 1 amide bonds. The zero-order valence-corrected chi connectivity index (χ0v) is 14.5. The third-order valence-electron chi connectivity index (χ3n) is 5.04. The molecule has 3 rings (SSSR count). The van der Waals surface area contributed by atoms with Crippen LogP contribution in [0.25, 0.3) is 10.9 Å². The van der Waals surface area contributed by atoms with E-state index in [9.17, 15) is 9.18 Å². The van der Waals surface area contributed by atoms with Gasteiger partial charge < -0.3 is 4.98 Å². The van der Waals surface area contributed by atoms with E-state index in [4.69, 9.17) is 5.21 Å². The van der Waals surface area contributed by atoms with Gasteiger partial charge in [-0.1, -0.05) is 31.4 Å². The number of benzene rings is 1. The zero-order valence-electron chi connectivity index (χ0n) is 14.5. The van der Waals surface area contributed by atoms with Gasteiger partial charge >= 0.3 is 0 Å². The number of nitrogens with zero attached hydrogens (tertiary/aromatic N) is 1. The molecule has 136 valence electrons. The smallest absolute Gasteiger partial charge is 0.243 e. The Labute approximate surface area is 147 Å². The molecule has 0 bridgehead atoms. The van der Waals surface area contributed by atoms with E-state index in [0.717, 1.165) is 63.5 Å². The average molecular weight is 347 g/mol. The van der Waals surface area contributed by atoms with Crippen molar-refractivity contribution in [2.45, 2.75) is 51.5 Å². The van der Waals surface area contributed by atoms with Crippen molar-refractivity contribution in [3.63, 3.8) is 0 Å². The van der Waals surface area contributed by atoms with Crippen LogP contribution >= 0.6 is 0 Å². The number of unbranched alkanes of at least 4 members (excludes halogenated alkanes) is 4. The Morgan fingerprint density at radius 2 is 2.04 bits per heavy atom. The largest absolute Gasteiger partial charge is 0.356 e. The van der Waals surface area contributed by atoms with Crippen molar-refractivity contribution in [1.29, 1.82) is 0 Å². The Bertz CT molecular complexity index is 729. The quantitative estimate of drug-likeness (QED) is 0.389. The summed E-state index contributed by atoms with van der Waals surface area (Å²) >= 11 is 0. The van der Waals surface area contributed by atoms with Crippen LogP contribution < -0.4 is 5.48 Å². The third-order valence-corrected chi connectivity index (χ3v) is 5.04. The lowest BCUT2D eigenvalue weighted by molar-refractivity contribution is -0.129. The van der Waals surface area contributed by atoms with Gasteiger partial charge in [0, 0.05) is 37.0 Å². The lowest BCUT2D eigenvalue weighted by Crippen LogP contribution is -2.31. The summed E-state index contributed by atoms with van der Waals surface area (Å²) in [5.41, 5.74) is 4.73. The Hall–Kier alpha value is -1.92. The van der Waals surface area contributed by atoms with Crippen molar-refractivity contribution < 1.29 is 14.4 Å². The molecule has 0 unspecified atom stereocenters. The van der Waals surface area contributed by atoms with Crippen molar-refractivity contribution in [2.75, 3.05) is 13.1 Å². The molecular weight excluding hydrogens is 321 g/mol. The highest BCUT2D eigenvalue weighted by atomic mass is 19.1. The summed E-state index contributed by atoms with van der Waals surface area (Å²) in [6.07, 6.45) is 6.56. The standard InChI is InChI=1S/C19H26FN3O2/c20-16-8-6-7-14-15-13-23(12-10-17(15)21-19(14)16)11-5-3-1-2-4-9-18(24)22-25/h6-8,21,25H,1-5,9-13H2,(H,22,24). The van der Waals surface area contributed by atoms with E-state index in [0.29, 0.717) is 11.9 Å². The number of fused-ring (bicyclic) bond motifs is 3. The van der Waals surface area contributed by atoms with Crippen LogP contribution in [-0.4, -0.2) is 34.1 Å². The molecule has 1 aliphatic heterocycles. The Balaban J connectivity index is 1.42. The first kappa shape index (κ1) is 17.9. The lowest BCUT2D eigenvalue weighted by Gasteiger charge is -2.27. The molecule has 0 radical (unpaired) electrons. The van der Waals surface area contributed by atoms with Crippen LogP contribution in [0.3, 0.4) is 0 Å². The SMILES string of the molecule is O=C(CCCCCCCN1CCc2[nH]c3c(F)cccc3c2C1)NO. The van der Waals surface area contributed by atoms with E-state index in [2.05, 4.69) is 9.88 Å². The maximum Gasteiger partial charge on any atom is 0.243 e. The van der Waals surface area contributed by atoms with Crippen LogP contribution in [0.4, 0.5) is 4.39 Å². The van der Waals surface area contributed by atoms with Crippen LogP contribution in [0.1, 0.15) is 49.8 Å². The number of hydroxylamine groups is 1. The minimum Gasteiger partial charge on any atom is -0.356 e. The van der Waals surface area contributed by atoms with Gasteiger partial charge in [0.05, 0.1) is 5.52 Å². The number of aromatic amines is 1. The Kier molecular flexibility index (Phi) is 6.04. The summed E-state index contributed by atoms with van der Waals surface area (Å²) in [4.78, 5) is 16.6. The molecule has 3 N–H and O–H groups in total. The number of rotatable bonds is 8. The molecule has 1 aliphatic rings. The van der Waals surface area contributed by atoms with Crippen molar-refractivity contribution in [3.05, 3.63) is 35.3 Å². The summed E-state index contributed by atoms with van der Waals surface area (Å²) < 4.78 is 13.9. The Morgan fingerprint density at radius 1 is 1.24 bits per heavy atom. The van der Waals surface area contributed by atoms with Crippen molar-refractivity contribution in [2.24, 2.45) is 0 Å². The summed E-state index contributed by atoms with van der Waals surface area (Å²) in [5, 5.41) is 9.44. The van der Waals surface area contributed by atoms with Gasteiger partial charge in [-0.2, -0.15) is 0 Å². The van der Waals surface area contributed by atoms with Gasteiger partial charge in [-0.25, -0.2) is 9.87 Å². The fourth-order valence-electron chi connectivity index (χ4n) is 3.66. The summed E-state index contributed by atoms with van der Waals surface area (Å²) in [7, 11) is 0. The number of H-pyrrole nitrogens is 1. The van der Waals surface area contributed by atoms with E-state index >= 15 is 0 Å². The lowest BCUT2D eigenvalue weighted by atomic mass is 10.0. The summed E-state index contributed by atoms with van der Waals surface area (Å²) in [6.45, 7) is 2.95. The second-order valence-electron chi connectivity index (χ2n) is 6.82. The van der Waals surface area contributed by atoms with Crippen molar-refractivity contribution >= 4 is 16.8 Å². The molecule has 1 aromatic carbocycles. The molecule has 0 atom stereocenters. The summed E-state index contributed by atoms with van der Waals surface area (Å²) in [6, 6.07) is 5.29. The number of para-hydroxylation sites is 1. The fraction of sp³-hybridized carbons (Fsp3) is 0.526. The zero-order chi connectivity index (χ0) is 17.6. The number of hydrogen-bond acceptors (Lipinski definition) is 3. The monoisotopic (exact) mass is 347 g/mol. The highest BCUT2D eigenvalue weighted by Crippen LogP contribution is 2.29. The Morgan fingerprint density at radius 3 is 2.88 bits per heavy atom. The second kappa shape index (κ2) is 8.45. The van der Waals surface area contributed by atoms with Gasteiger partial charge in [-0.05, 0) is 31.0 Å². The first-order valence-electron chi connectivity index (χ1n) is 9.12. The molecule has 25 heavy (non-hydrogen) atoms. The molecule has 2 aromatic rings. The van der Waals surface area contributed by atoms with Crippen LogP contribution in [0.5, 0.6) is 0 Å². The van der Waals surface area contributed by atoms with Gasteiger partial charge in [0.25, 0.3) is 0 Å². The van der Waals surface area contributed by atoms with Crippen LogP contribution in [0.15, 0.2) is 18.2 Å². The van der Waals surface area contributed by atoms with E-state index in [1.54, 1.807) is 11.5 Å². The average Bonchev–Trinajstić information content (AvgIpc) is 3.00. The van der Waals surface area contributed by atoms with E-state index in [1.807, 2.05) is 6.07 Å². The maximum atomic E-state index is 13.9. The van der Waals surface area contributed by atoms with Gasteiger partial charge in [-0.15, -0.1) is 0 Å². The fourth-order valence-corrected chi connectivity index (χ4v) is 3.66. The third kappa shape index (κ3) is 4.38. The number of halogens is 1. The van der Waals surface area contributed by atoms with Crippen LogP contribution in [-0.2, 0) is 17.8 Å². The van der Waals surface area contributed by atoms with E-state index in [1.165, 1.54) is 17.3 Å². The van der Waals surface area contributed by atoms with Crippen LogP contribution in [0, 0.1) is 5.82 Å². The minimum atomic E-state index is -0.306. The first-order chi connectivity index (χ1) is 12.2. The molecule has 2 heterocycles. The molecule has 0 aliphatic carbocycles. The molecule has 5 nitrogen and oxygen atoms in total. The van der Waals surface area contributed by atoms with Gasteiger partial charge in [-0.3, -0.25) is 14.9 Å². The van der Waals surface area contributed by atoms with Gasteiger partial charge in [0.1, 0.15) is 5.82 Å². The minimum absolute atomic E-state index is 0.173. The number of aromatic nitrogens is 1. The highest BCUT2D eigenvalue weighted by molar-refractivity contribution is 5.85. The molecule has 0 fully saturated rings. The van der Waals surface area contributed by atoms with E-state index < -0.39 is 0 Å². The first-order valence-corrected chi connectivity index (χ1v) is 9.12. The number of hydrogen-bond donors (Lipinski definition) is 3. The second-order valence-corrected chi connectivity index (χ2v) is 6.82. The number of carbonyl (C=O) groups excluding carboxylic acids is 1. The number of amides is 1. The molecule has 0 spiro atoms. The van der Waals surface area contributed by atoms with E-state index in [-0.39, 0.29) is 11.7 Å². The predicted molar refractivity (Wildman–Crippen MR) is 94.9 cm³/mol. The highest BCUT2D eigenvalue weighted by Gasteiger charge is 2.21. The molecule has 6 heteroatoms. The molecule has 0 saturated heterocycles. The maximum absolute atomic E-state index is 13.9. The number of nitrogens with one attached hydrogen (secondary N) is 2. The normalized spacial score (nSPS) is 14.6.